The van der Waals surface area contributed by atoms with Gasteiger partial charge >= 0.3 is 6.09 Å². The Balaban J connectivity index is 2.38. The van der Waals surface area contributed by atoms with Crippen molar-refractivity contribution in [1.82, 2.24) is 9.88 Å². The molecule has 1 amide bonds. The van der Waals surface area contributed by atoms with Gasteiger partial charge in [-0.05, 0) is 11.6 Å². The van der Waals surface area contributed by atoms with Crippen LogP contribution in [0.1, 0.15) is 16.8 Å². The fourth-order valence-corrected chi connectivity index (χ4v) is 1.89. The van der Waals surface area contributed by atoms with Crippen molar-refractivity contribution in [3.05, 3.63) is 28.0 Å². The molecule has 0 fully saturated rings. The lowest BCUT2D eigenvalue weighted by Crippen LogP contribution is -2.35. The van der Waals surface area contributed by atoms with Crippen molar-refractivity contribution in [2.45, 2.75) is 13.0 Å². The predicted octanol–water partition coefficient (Wildman–Crippen LogP) is 1.64. The van der Waals surface area contributed by atoms with Crippen LogP contribution in [-0.2, 0) is 13.0 Å². The summed E-state index contributed by atoms with van der Waals surface area (Å²) in [7, 11) is 0. The Morgan fingerprint density at radius 1 is 1.69 bits per heavy atom. The van der Waals surface area contributed by atoms with E-state index < -0.39 is 6.09 Å². The van der Waals surface area contributed by atoms with Crippen molar-refractivity contribution in [3.63, 3.8) is 0 Å². The van der Waals surface area contributed by atoms with E-state index in [2.05, 4.69) is 4.98 Å². The number of hydrogen-bond acceptors (Lipinski definition) is 3. The molecule has 1 aromatic heterocycles. The SMILES string of the molecule is N#Cc1cc2c(nc1Cl)CCN(C(=O)O)C2. The van der Waals surface area contributed by atoms with E-state index in [9.17, 15) is 4.79 Å². The third-order valence-electron chi connectivity index (χ3n) is 2.52. The van der Waals surface area contributed by atoms with Crippen LogP contribution in [0.2, 0.25) is 5.15 Å². The van der Waals surface area contributed by atoms with Crippen LogP contribution >= 0.6 is 11.6 Å². The maximum Gasteiger partial charge on any atom is 0.407 e. The van der Waals surface area contributed by atoms with Crippen molar-refractivity contribution in [2.75, 3.05) is 6.54 Å². The maximum atomic E-state index is 10.8. The zero-order valence-electron chi connectivity index (χ0n) is 8.27. The number of carboxylic acid groups (broad SMARTS) is 1. The summed E-state index contributed by atoms with van der Waals surface area (Å²) in [6.07, 6.45) is -0.424. The third-order valence-corrected chi connectivity index (χ3v) is 2.80. The molecule has 0 spiro atoms. The molecule has 0 atom stereocenters. The van der Waals surface area contributed by atoms with Gasteiger partial charge in [-0.25, -0.2) is 9.78 Å². The molecular formula is C10H8ClN3O2. The van der Waals surface area contributed by atoms with Gasteiger partial charge in [0.25, 0.3) is 0 Å². The van der Waals surface area contributed by atoms with E-state index in [1.165, 1.54) is 4.90 Å². The van der Waals surface area contributed by atoms with Crippen molar-refractivity contribution < 1.29 is 9.90 Å². The van der Waals surface area contributed by atoms with E-state index in [-0.39, 0.29) is 17.3 Å². The molecule has 0 aromatic carbocycles. The Hall–Kier alpha value is -1.80. The predicted molar refractivity (Wildman–Crippen MR) is 56.1 cm³/mol. The fraction of sp³-hybridized carbons (Fsp3) is 0.300. The first kappa shape index (κ1) is 10.7. The van der Waals surface area contributed by atoms with Crippen LogP contribution < -0.4 is 0 Å². The molecule has 82 valence electrons. The molecule has 0 saturated carbocycles. The van der Waals surface area contributed by atoms with Gasteiger partial charge in [0.1, 0.15) is 11.2 Å². The van der Waals surface area contributed by atoms with E-state index in [1.54, 1.807) is 6.07 Å². The summed E-state index contributed by atoms with van der Waals surface area (Å²) in [6.45, 7) is 0.682. The zero-order valence-corrected chi connectivity index (χ0v) is 9.03. The summed E-state index contributed by atoms with van der Waals surface area (Å²) >= 11 is 5.80. The Bertz CT molecular complexity index is 496. The minimum absolute atomic E-state index is 0.185. The fourth-order valence-electron chi connectivity index (χ4n) is 1.69. The standard InChI is InChI=1S/C10H8ClN3O2/c11-9-6(4-12)3-7-5-14(10(15)16)2-1-8(7)13-9/h3H,1-2,5H2,(H,15,16). The number of nitriles is 1. The first-order chi connectivity index (χ1) is 7.61. The molecule has 2 heterocycles. The lowest BCUT2D eigenvalue weighted by atomic mass is 10.0. The molecule has 1 aromatic rings. The number of nitrogens with zero attached hydrogens (tertiary/aromatic N) is 3. The van der Waals surface area contributed by atoms with Crippen molar-refractivity contribution in [1.29, 1.82) is 5.26 Å². The Labute approximate surface area is 96.9 Å². The molecule has 0 bridgehead atoms. The van der Waals surface area contributed by atoms with E-state index in [0.717, 1.165) is 11.3 Å². The van der Waals surface area contributed by atoms with Gasteiger partial charge in [-0.3, -0.25) is 0 Å². The van der Waals surface area contributed by atoms with Crippen LogP contribution in [-0.4, -0.2) is 27.6 Å². The second-order valence-electron chi connectivity index (χ2n) is 3.50. The third kappa shape index (κ3) is 1.79. The number of rotatable bonds is 0. The van der Waals surface area contributed by atoms with Gasteiger partial charge in [0.2, 0.25) is 0 Å². The number of halogens is 1. The lowest BCUT2D eigenvalue weighted by molar-refractivity contribution is 0.139. The van der Waals surface area contributed by atoms with Gasteiger partial charge in [0, 0.05) is 18.7 Å². The van der Waals surface area contributed by atoms with E-state index >= 15 is 0 Å². The highest BCUT2D eigenvalue weighted by atomic mass is 35.5. The molecule has 0 saturated heterocycles. The topological polar surface area (TPSA) is 77.2 Å². The molecular weight excluding hydrogens is 230 g/mol. The average molecular weight is 238 g/mol. The van der Waals surface area contributed by atoms with Crippen LogP contribution in [0, 0.1) is 11.3 Å². The Morgan fingerprint density at radius 2 is 2.44 bits per heavy atom. The molecule has 0 radical (unpaired) electrons. The molecule has 1 aliphatic heterocycles. The normalized spacial score (nSPS) is 14.1. The molecule has 2 rings (SSSR count). The van der Waals surface area contributed by atoms with E-state index in [0.29, 0.717) is 13.0 Å². The van der Waals surface area contributed by atoms with E-state index in [4.69, 9.17) is 22.0 Å². The van der Waals surface area contributed by atoms with Crippen molar-refractivity contribution >= 4 is 17.7 Å². The summed E-state index contributed by atoms with van der Waals surface area (Å²) in [5.74, 6) is 0. The first-order valence-electron chi connectivity index (χ1n) is 4.68. The zero-order chi connectivity index (χ0) is 11.7. The van der Waals surface area contributed by atoms with Crippen LogP contribution in [0.4, 0.5) is 4.79 Å². The molecule has 6 heteroatoms. The van der Waals surface area contributed by atoms with Crippen LogP contribution in [0.5, 0.6) is 0 Å². The van der Waals surface area contributed by atoms with Crippen LogP contribution in [0.3, 0.4) is 0 Å². The van der Waals surface area contributed by atoms with Gasteiger partial charge in [0.15, 0.2) is 0 Å². The highest BCUT2D eigenvalue weighted by Gasteiger charge is 2.22. The second-order valence-corrected chi connectivity index (χ2v) is 3.86. The highest BCUT2D eigenvalue weighted by molar-refractivity contribution is 6.30. The monoisotopic (exact) mass is 237 g/mol. The minimum Gasteiger partial charge on any atom is -0.465 e. The van der Waals surface area contributed by atoms with E-state index in [1.807, 2.05) is 6.07 Å². The number of fused-ring (bicyclic) bond motifs is 1. The smallest absolute Gasteiger partial charge is 0.407 e. The summed E-state index contributed by atoms with van der Waals surface area (Å²) in [4.78, 5) is 16.2. The maximum absolute atomic E-state index is 10.8. The van der Waals surface area contributed by atoms with Crippen LogP contribution in [0.25, 0.3) is 0 Å². The summed E-state index contributed by atoms with van der Waals surface area (Å²) in [5, 5.41) is 17.8. The summed E-state index contributed by atoms with van der Waals surface area (Å²) in [6, 6.07) is 3.54. The van der Waals surface area contributed by atoms with Crippen LogP contribution in [0.15, 0.2) is 6.07 Å². The van der Waals surface area contributed by atoms with Gasteiger partial charge in [-0.2, -0.15) is 5.26 Å². The number of amides is 1. The number of hydrogen-bond donors (Lipinski definition) is 1. The first-order valence-corrected chi connectivity index (χ1v) is 5.06. The van der Waals surface area contributed by atoms with Gasteiger partial charge < -0.3 is 10.0 Å². The lowest BCUT2D eigenvalue weighted by Gasteiger charge is -2.25. The quantitative estimate of drug-likeness (QED) is 0.696. The Kier molecular flexibility index (Phi) is 2.67. The van der Waals surface area contributed by atoms with Crippen molar-refractivity contribution in [3.8, 4) is 6.07 Å². The highest BCUT2D eigenvalue weighted by Crippen LogP contribution is 2.22. The minimum atomic E-state index is -0.959. The Morgan fingerprint density at radius 3 is 3.06 bits per heavy atom. The van der Waals surface area contributed by atoms with Gasteiger partial charge in [-0.1, -0.05) is 11.6 Å². The number of carbonyl (C=O) groups is 1. The molecule has 0 aliphatic carbocycles. The van der Waals surface area contributed by atoms with Gasteiger partial charge in [0.05, 0.1) is 12.1 Å². The second kappa shape index (κ2) is 3.99. The number of aromatic nitrogens is 1. The summed E-state index contributed by atoms with van der Waals surface area (Å²) in [5.41, 5.74) is 1.82. The summed E-state index contributed by atoms with van der Waals surface area (Å²) < 4.78 is 0. The van der Waals surface area contributed by atoms with Crippen molar-refractivity contribution in [2.24, 2.45) is 0 Å². The molecule has 1 aliphatic rings. The van der Waals surface area contributed by atoms with Gasteiger partial charge in [-0.15, -0.1) is 0 Å². The molecule has 5 nitrogen and oxygen atoms in total. The average Bonchev–Trinajstić information content (AvgIpc) is 2.27. The molecule has 0 unspecified atom stereocenters. The molecule has 16 heavy (non-hydrogen) atoms. The largest absolute Gasteiger partial charge is 0.465 e. The number of pyridine rings is 1. The molecule has 1 N–H and O–H groups in total.